The molecule has 0 aromatic rings. The molecular weight excluding hydrogens is 213 g/mol. The van der Waals surface area contributed by atoms with Gasteiger partial charge in [0.25, 0.3) is 0 Å². The van der Waals surface area contributed by atoms with Crippen molar-refractivity contribution < 1.29 is 23.1 Å². The van der Waals surface area contributed by atoms with Gasteiger partial charge in [0.2, 0.25) is 5.91 Å². The first-order valence-electron chi connectivity index (χ1n) is 4.35. The Morgan fingerprint density at radius 1 is 1.47 bits per heavy atom. The molecule has 0 heterocycles. The Labute approximate surface area is 86.1 Å². The molecule has 1 amide bonds. The molecule has 0 aliphatic carbocycles. The molecular formula is C8H15F3N2O2. The summed E-state index contributed by atoms with van der Waals surface area (Å²) in [7, 11) is 3.00. The van der Waals surface area contributed by atoms with Gasteiger partial charge in [-0.2, -0.15) is 13.2 Å². The molecule has 2 unspecified atom stereocenters. The second-order valence-corrected chi connectivity index (χ2v) is 3.42. The van der Waals surface area contributed by atoms with E-state index in [4.69, 9.17) is 5.11 Å². The first-order chi connectivity index (χ1) is 6.66. The van der Waals surface area contributed by atoms with Crippen LogP contribution >= 0.6 is 0 Å². The van der Waals surface area contributed by atoms with Crippen LogP contribution in [0.2, 0.25) is 0 Å². The van der Waals surface area contributed by atoms with Crippen molar-refractivity contribution in [1.82, 2.24) is 10.2 Å². The molecule has 7 heteroatoms. The summed E-state index contributed by atoms with van der Waals surface area (Å²) in [6.07, 6.45) is -7.11. The molecule has 0 radical (unpaired) electrons. The third-order valence-electron chi connectivity index (χ3n) is 1.81. The zero-order valence-electron chi connectivity index (χ0n) is 8.80. The van der Waals surface area contributed by atoms with Gasteiger partial charge in [0, 0.05) is 20.6 Å². The van der Waals surface area contributed by atoms with E-state index in [2.05, 4.69) is 5.32 Å². The third-order valence-corrected chi connectivity index (χ3v) is 1.81. The second-order valence-electron chi connectivity index (χ2n) is 3.42. The van der Waals surface area contributed by atoms with Crippen LogP contribution in [0, 0.1) is 0 Å². The monoisotopic (exact) mass is 228 g/mol. The summed E-state index contributed by atoms with van der Waals surface area (Å²) in [6, 6.07) is -0.753. The van der Waals surface area contributed by atoms with Crippen molar-refractivity contribution in [3.8, 4) is 0 Å². The minimum absolute atomic E-state index is 0.343. The number of nitrogens with one attached hydrogen (secondary N) is 1. The number of aliphatic hydroxyl groups is 1. The van der Waals surface area contributed by atoms with Crippen molar-refractivity contribution in [3.05, 3.63) is 0 Å². The highest BCUT2D eigenvalue weighted by molar-refractivity contribution is 5.80. The molecule has 0 aromatic heterocycles. The molecule has 0 bridgehead atoms. The van der Waals surface area contributed by atoms with Crippen LogP contribution in [0.3, 0.4) is 0 Å². The van der Waals surface area contributed by atoms with E-state index in [1.165, 1.54) is 25.9 Å². The minimum Gasteiger partial charge on any atom is -0.382 e. The number of amides is 1. The maximum absolute atomic E-state index is 11.9. The largest absolute Gasteiger partial charge is 0.415 e. The number of alkyl halides is 3. The summed E-state index contributed by atoms with van der Waals surface area (Å²) in [6.45, 7) is 0.746. The van der Waals surface area contributed by atoms with Gasteiger partial charge in [-0.05, 0) is 6.92 Å². The molecule has 0 aliphatic rings. The lowest BCUT2D eigenvalue weighted by Crippen LogP contribution is -2.47. The van der Waals surface area contributed by atoms with Gasteiger partial charge < -0.3 is 15.3 Å². The molecule has 0 aliphatic heterocycles. The number of nitrogens with zero attached hydrogens (tertiary/aromatic N) is 1. The fourth-order valence-corrected chi connectivity index (χ4v) is 0.879. The Bertz CT molecular complexity index is 218. The quantitative estimate of drug-likeness (QED) is 0.710. The molecule has 0 saturated carbocycles. The number of aliphatic hydroxyl groups excluding tert-OH is 1. The van der Waals surface area contributed by atoms with Crippen LogP contribution in [0.1, 0.15) is 6.92 Å². The van der Waals surface area contributed by atoms with E-state index in [1.807, 2.05) is 0 Å². The van der Waals surface area contributed by atoms with E-state index in [0.29, 0.717) is 0 Å². The Hall–Kier alpha value is -0.820. The first-order valence-corrected chi connectivity index (χ1v) is 4.35. The van der Waals surface area contributed by atoms with Crippen LogP contribution in [0.4, 0.5) is 13.2 Å². The van der Waals surface area contributed by atoms with E-state index < -0.39 is 24.9 Å². The van der Waals surface area contributed by atoms with Gasteiger partial charge in [-0.15, -0.1) is 0 Å². The molecule has 4 nitrogen and oxygen atoms in total. The van der Waals surface area contributed by atoms with Crippen LogP contribution in [0.15, 0.2) is 0 Å². The Balaban J connectivity index is 4.01. The van der Waals surface area contributed by atoms with Crippen LogP contribution < -0.4 is 5.32 Å². The smallest absolute Gasteiger partial charge is 0.382 e. The van der Waals surface area contributed by atoms with Crippen molar-refractivity contribution in [2.75, 3.05) is 20.6 Å². The minimum atomic E-state index is -4.66. The van der Waals surface area contributed by atoms with Crippen molar-refractivity contribution >= 4 is 5.91 Å². The first kappa shape index (κ1) is 14.2. The Morgan fingerprint density at radius 3 is 2.27 bits per heavy atom. The summed E-state index contributed by atoms with van der Waals surface area (Å²) in [4.78, 5) is 12.5. The maximum atomic E-state index is 11.9. The standard InChI is InChI=1S/C8H15F3N2O2/c1-5(7(15)13(2)3)12-4-6(14)8(9,10)11/h5-6,12,14H,4H2,1-3H3. The average molecular weight is 228 g/mol. The summed E-state index contributed by atoms with van der Waals surface area (Å²) in [5.41, 5.74) is 0. The summed E-state index contributed by atoms with van der Waals surface area (Å²) >= 11 is 0. The number of carbonyl (C=O) groups excluding carboxylic acids is 1. The summed E-state index contributed by atoms with van der Waals surface area (Å²) in [5.74, 6) is -0.343. The normalized spacial score (nSPS) is 15.9. The molecule has 0 rings (SSSR count). The van der Waals surface area contributed by atoms with E-state index >= 15 is 0 Å². The van der Waals surface area contributed by atoms with Gasteiger partial charge in [-0.1, -0.05) is 0 Å². The van der Waals surface area contributed by atoms with Crippen LogP contribution in [0.5, 0.6) is 0 Å². The fraction of sp³-hybridized carbons (Fsp3) is 0.875. The fourth-order valence-electron chi connectivity index (χ4n) is 0.879. The summed E-state index contributed by atoms with van der Waals surface area (Å²) in [5, 5.41) is 11.0. The predicted octanol–water partition coefficient (Wildman–Crippen LogP) is -0.0241. The summed E-state index contributed by atoms with van der Waals surface area (Å²) < 4.78 is 35.6. The highest BCUT2D eigenvalue weighted by Crippen LogP contribution is 2.19. The number of likely N-dealkylation sites (N-methyl/N-ethyl adjacent to an activating group) is 1. The lowest BCUT2D eigenvalue weighted by molar-refractivity contribution is -0.202. The molecule has 2 N–H and O–H groups in total. The van der Waals surface area contributed by atoms with Gasteiger partial charge in [0.15, 0.2) is 6.10 Å². The molecule has 0 saturated heterocycles. The zero-order valence-corrected chi connectivity index (χ0v) is 8.80. The van der Waals surface area contributed by atoms with Crippen LogP contribution in [-0.4, -0.2) is 54.9 Å². The van der Waals surface area contributed by atoms with E-state index in [1.54, 1.807) is 0 Å². The molecule has 2 atom stereocenters. The van der Waals surface area contributed by atoms with Gasteiger partial charge >= 0.3 is 6.18 Å². The van der Waals surface area contributed by atoms with Gasteiger partial charge in [0.05, 0.1) is 6.04 Å². The molecule has 0 fully saturated rings. The van der Waals surface area contributed by atoms with E-state index in [0.717, 1.165) is 0 Å². The van der Waals surface area contributed by atoms with Crippen LogP contribution in [-0.2, 0) is 4.79 Å². The van der Waals surface area contributed by atoms with Crippen molar-refractivity contribution in [1.29, 1.82) is 0 Å². The second kappa shape index (κ2) is 5.32. The van der Waals surface area contributed by atoms with E-state index in [-0.39, 0.29) is 5.91 Å². The van der Waals surface area contributed by atoms with Crippen molar-refractivity contribution in [3.63, 3.8) is 0 Å². The zero-order chi connectivity index (χ0) is 12.2. The Kier molecular flexibility index (Phi) is 5.02. The third kappa shape index (κ3) is 4.98. The maximum Gasteiger partial charge on any atom is 0.415 e. The Morgan fingerprint density at radius 2 is 1.93 bits per heavy atom. The SMILES string of the molecule is CC(NCC(O)C(F)(F)F)C(=O)N(C)C. The molecule has 90 valence electrons. The van der Waals surface area contributed by atoms with Gasteiger partial charge in [0.1, 0.15) is 0 Å². The lowest BCUT2D eigenvalue weighted by Gasteiger charge is -2.20. The van der Waals surface area contributed by atoms with E-state index in [9.17, 15) is 18.0 Å². The lowest BCUT2D eigenvalue weighted by atomic mass is 10.2. The number of rotatable bonds is 4. The number of hydrogen-bond donors (Lipinski definition) is 2. The average Bonchev–Trinajstić information content (AvgIpc) is 2.10. The van der Waals surface area contributed by atoms with Crippen molar-refractivity contribution in [2.45, 2.75) is 25.2 Å². The number of hydrogen-bond acceptors (Lipinski definition) is 3. The predicted molar refractivity (Wildman–Crippen MR) is 48.2 cm³/mol. The highest BCUT2D eigenvalue weighted by atomic mass is 19.4. The number of carbonyl (C=O) groups is 1. The van der Waals surface area contributed by atoms with Crippen molar-refractivity contribution in [2.24, 2.45) is 0 Å². The molecule has 0 aromatic carbocycles. The van der Waals surface area contributed by atoms with Gasteiger partial charge in [-0.3, -0.25) is 4.79 Å². The number of halogens is 3. The molecule has 15 heavy (non-hydrogen) atoms. The highest BCUT2D eigenvalue weighted by Gasteiger charge is 2.38. The topological polar surface area (TPSA) is 52.6 Å². The molecule has 0 spiro atoms. The van der Waals surface area contributed by atoms with Crippen LogP contribution in [0.25, 0.3) is 0 Å². The van der Waals surface area contributed by atoms with Gasteiger partial charge in [-0.25, -0.2) is 0 Å².